The average molecular weight is 336 g/mol. The Balaban J connectivity index is 1.89. The molecule has 122 valence electrons. The highest BCUT2D eigenvalue weighted by Crippen LogP contribution is 2.35. The SMILES string of the molecule is O=C1NCCCC1CCCNc1cc(Cl)ncc1C(F)(F)F. The molecule has 1 amide bonds. The molecule has 1 atom stereocenters. The van der Waals surface area contributed by atoms with Crippen LogP contribution in [0.15, 0.2) is 12.3 Å². The van der Waals surface area contributed by atoms with Crippen LogP contribution in [0.4, 0.5) is 18.9 Å². The van der Waals surface area contributed by atoms with Crippen molar-refractivity contribution in [3.8, 4) is 0 Å². The third-order valence-corrected chi connectivity index (χ3v) is 3.83. The van der Waals surface area contributed by atoms with E-state index >= 15 is 0 Å². The first-order valence-corrected chi connectivity index (χ1v) is 7.50. The molecule has 2 heterocycles. The van der Waals surface area contributed by atoms with E-state index in [1.165, 1.54) is 0 Å². The monoisotopic (exact) mass is 335 g/mol. The van der Waals surface area contributed by atoms with Gasteiger partial charge in [0.15, 0.2) is 0 Å². The van der Waals surface area contributed by atoms with E-state index in [1.54, 1.807) is 0 Å². The van der Waals surface area contributed by atoms with Gasteiger partial charge in [0.1, 0.15) is 5.15 Å². The van der Waals surface area contributed by atoms with Crippen molar-refractivity contribution in [3.63, 3.8) is 0 Å². The molecule has 1 unspecified atom stereocenters. The van der Waals surface area contributed by atoms with Gasteiger partial charge in [-0.3, -0.25) is 4.79 Å². The number of alkyl halides is 3. The second kappa shape index (κ2) is 7.17. The molecule has 2 rings (SSSR count). The van der Waals surface area contributed by atoms with Crippen LogP contribution < -0.4 is 10.6 Å². The Hall–Kier alpha value is -1.50. The molecule has 1 aliphatic heterocycles. The summed E-state index contributed by atoms with van der Waals surface area (Å²) in [4.78, 5) is 15.1. The number of piperidine rings is 1. The van der Waals surface area contributed by atoms with Gasteiger partial charge in [0.2, 0.25) is 5.91 Å². The number of aromatic nitrogens is 1. The first kappa shape index (κ1) is 16.9. The minimum atomic E-state index is -4.48. The molecule has 0 spiro atoms. The topological polar surface area (TPSA) is 54.0 Å². The highest BCUT2D eigenvalue weighted by Gasteiger charge is 2.34. The largest absolute Gasteiger partial charge is 0.419 e. The number of nitrogens with one attached hydrogen (secondary N) is 2. The second-order valence-electron chi connectivity index (χ2n) is 5.25. The van der Waals surface area contributed by atoms with Crippen molar-refractivity contribution in [2.45, 2.75) is 31.9 Å². The summed E-state index contributed by atoms with van der Waals surface area (Å²) in [6, 6.07) is 1.16. The van der Waals surface area contributed by atoms with Crippen LogP contribution >= 0.6 is 11.6 Å². The molecule has 2 N–H and O–H groups in total. The first-order chi connectivity index (χ1) is 10.4. The van der Waals surface area contributed by atoms with Crippen LogP contribution in [0.25, 0.3) is 0 Å². The molecular weight excluding hydrogens is 319 g/mol. The van der Waals surface area contributed by atoms with Gasteiger partial charge < -0.3 is 10.6 Å². The number of pyridine rings is 1. The summed E-state index contributed by atoms with van der Waals surface area (Å²) in [6.07, 6.45) is -0.723. The van der Waals surface area contributed by atoms with Crippen molar-refractivity contribution >= 4 is 23.2 Å². The maximum Gasteiger partial charge on any atom is 0.419 e. The Morgan fingerprint density at radius 1 is 1.45 bits per heavy atom. The lowest BCUT2D eigenvalue weighted by molar-refractivity contribution is -0.137. The predicted molar refractivity (Wildman–Crippen MR) is 77.7 cm³/mol. The van der Waals surface area contributed by atoms with E-state index in [2.05, 4.69) is 15.6 Å². The Morgan fingerprint density at radius 2 is 2.23 bits per heavy atom. The number of anilines is 1. The zero-order chi connectivity index (χ0) is 16.2. The highest BCUT2D eigenvalue weighted by molar-refractivity contribution is 6.29. The second-order valence-corrected chi connectivity index (χ2v) is 5.64. The Kier molecular flexibility index (Phi) is 5.50. The van der Waals surface area contributed by atoms with E-state index in [0.29, 0.717) is 25.9 Å². The van der Waals surface area contributed by atoms with E-state index < -0.39 is 11.7 Å². The van der Waals surface area contributed by atoms with Crippen LogP contribution in [0.1, 0.15) is 31.2 Å². The van der Waals surface area contributed by atoms with Crippen molar-refractivity contribution in [2.75, 3.05) is 18.4 Å². The fourth-order valence-electron chi connectivity index (χ4n) is 2.48. The molecule has 0 bridgehead atoms. The maximum atomic E-state index is 12.9. The Labute approximate surface area is 131 Å². The van der Waals surface area contributed by atoms with Crippen LogP contribution in [-0.2, 0) is 11.0 Å². The lowest BCUT2D eigenvalue weighted by atomic mass is 9.94. The minimum absolute atomic E-state index is 0.00200. The number of carbonyl (C=O) groups is 1. The summed E-state index contributed by atoms with van der Waals surface area (Å²) in [7, 11) is 0. The van der Waals surface area contributed by atoms with Gasteiger partial charge in [0, 0.05) is 25.2 Å². The van der Waals surface area contributed by atoms with Crippen molar-refractivity contribution in [1.82, 2.24) is 10.3 Å². The zero-order valence-electron chi connectivity index (χ0n) is 11.8. The number of amides is 1. The summed E-state index contributed by atoms with van der Waals surface area (Å²) < 4.78 is 38.6. The number of halogens is 4. The lowest BCUT2D eigenvalue weighted by Crippen LogP contribution is -2.36. The summed E-state index contributed by atoms with van der Waals surface area (Å²) in [5.41, 5.74) is -0.923. The standard InChI is InChI=1S/C14H17ClF3N3O/c15-12-7-11(10(8-21-12)14(16,17)18)19-5-1-3-9-4-2-6-20-13(9)22/h7-9H,1-6H2,(H,19,21)(H,20,22). The molecule has 4 nitrogen and oxygen atoms in total. The Bertz CT molecular complexity index is 537. The van der Waals surface area contributed by atoms with Crippen LogP contribution in [0.5, 0.6) is 0 Å². The molecule has 1 saturated heterocycles. The number of hydrogen-bond donors (Lipinski definition) is 2. The molecule has 1 aromatic rings. The third-order valence-electron chi connectivity index (χ3n) is 3.62. The van der Waals surface area contributed by atoms with Crippen molar-refractivity contribution in [3.05, 3.63) is 23.0 Å². The number of nitrogens with zero attached hydrogens (tertiary/aromatic N) is 1. The Morgan fingerprint density at radius 3 is 2.91 bits per heavy atom. The highest BCUT2D eigenvalue weighted by atomic mass is 35.5. The molecule has 0 aromatic carbocycles. The molecule has 0 radical (unpaired) electrons. The van der Waals surface area contributed by atoms with E-state index in [-0.39, 0.29) is 22.7 Å². The number of hydrogen-bond acceptors (Lipinski definition) is 3. The van der Waals surface area contributed by atoms with Crippen molar-refractivity contribution in [2.24, 2.45) is 5.92 Å². The van der Waals surface area contributed by atoms with E-state index in [9.17, 15) is 18.0 Å². The quantitative estimate of drug-likeness (QED) is 0.640. The summed E-state index contributed by atoms with van der Waals surface area (Å²) in [5, 5.41) is 5.53. The maximum absolute atomic E-state index is 12.9. The molecular formula is C14H17ClF3N3O. The molecule has 8 heteroatoms. The van der Waals surface area contributed by atoms with E-state index in [1.807, 2.05) is 0 Å². The zero-order valence-corrected chi connectivity index (χ0v) is 12.6. The van der Waals surface area contributed by atoms with E-state index in [0.717, 1.165) is 25.1 Å². The smallest absolute Gasteiger partial charge is 0.384 e. The fraction of sp³-hybridized carbons (Fsp3) is 0.571. The summed E-state index contributed by atoms with van der Waals surface area (Å²) >= 11 is 5.65. The molecule has 1 aromatic heterocycles. The number of carbonyl (C=O) groups excluding carboxylic acids is 1. The average Bonchev–Trinajstić information content (AvgIpc) is 2.44. The molecule has 22 heavy (non-hydrogen) atoms. The van der Waals surface area contributed by atoms with Gasteiger partial charge in [0.25, 0.3) is 0 Å². The molecule has 1 fully saturated rings. The van der Waals surface area contributed by atoms with Gasteiger partial charge in [-0.05, 0) is 31.7 Å². The van der Waals surface area contributed by atoms with E-state index in [4.69, 9.17) is 11.6 Å². The van der Waals surface area contributed by atoms with Crippen LogP contribution in [0.3, 0.4) is 0 Å². The summed E-state index contributed by atoms with van der Waals surface area (Å²) in [5.74, 6) is -0.00662. The summed E-state index contributed by atoms with van der Waals surface area (Å²) in [6.45, 7) is 1.05. The third kappa shape index (κ3) is 4.50. The number of rotatable bonds is 5. The fourth-order valence-corrected chi connectivity index (χ4v) is 2.64. The normalized spacial score (nSPS) is 18.9. The minimum Gasteiger partial charge on any atom is -0.384 e. The molecule has 1 aliphatic rings. The van der Waals surface area contributed by atoms with Gasteiger partial charge >= 0.3 is 6.18 Å². The van der Waals surface area contributed by atoms with Gasteiger partial charge in [-0.1, -0.05) is 11.6 Å². The lowest BCUT2D eigenvalue weighted by Gasteiger charge is -2.22. The van der Waals surface area contributed by atoms with Crippen molar-refractivity contribution in [1.29, 1.82) is 0 Å². The van der Waals surface area contributed by atoms with Crippen LogP contribution in [-0.4, -0.2) is 24.0 Å². The first-order valence-electron chi connectivity index (χ1n) is 7.12. The van der Waals surface area contributed by atoms with Gasteiger partial charge in [-0.15, -0.1) is 0 Å². The molecule has 0 aliphatic carbocycles. The van der Waals surface area contributed by atoms with Gasteiger partial charge in [-0.25, -0.2) is 4.98 Å². The van der Waals surface area contributed by atoms with Crippen LogP contribution in [0, 0.1) is 5.92 Å². The van der Waals surface area contributed by atoms with Crippen LogP contribution in [0.2, 0.25) is 5.15 Å². The van der Waals surface area contributed by atoms with Gasteiger partial charge in [-0.2, -0.15) is 13.2 Å². The van der Waals surface area contributed by atoms with Crippen molar-refractivity contribution < 1.29 is 18.0 Å². The molecule has 0 saturated carbocycles. The van der Waals surface area contributed by atoms with Gasteiger partial charge in [0.05, 0.1) is 11.3 Å². The predicted octanol–water partition coefficient (Wildman–Crippen LogP) is 3.47.